The Hall–Kier alpha value is 0.150. The molecule has 134 valence electrons. The third kappa shape index (κ3) is 9.33. The van der Waals surface area contributed by atoms with Crippen LogP contribution in [-0.4, -0.2) is 17.9 Å². The number of rotatable bonds is 11. The highest BCUT2D eigenvalue weighted by molar-refractivity contribution is 7.54. The van der Waals surface area contributed by atoms with E-state index >= 15 is 0 Å². The highest BCUT2D eigenvalue weighted by Crippen LogP contribution is 2.57. The van der Waals surface area contributed by atoms with Crippen molar-refractivity contribution >= 4 is 7.60 Å². The van der Waals surface area contributed by atoms with Crippen LogP contribution in [0, 0.1) is 17.8 Å². The lowest BCUT2D eigenvalue weighted by Gasteiger charge is -2.31. The summed E-state index contributed by atoms with van der Waals surface area (Å²) in [4.78, 5) is 0. The quantitative estimate of drug-likeness (QED) is 0.404. The molecule has 3 atom stereocenters. The van der Waals surface area contributed by atoms with E-state index < -0.39 is 7.60 Å². The van der Waals surface area contributed by atoms with Gasteiger partial charge in [-0.3, -0.25) is 4.57 Å². The van der Waals surface area contributed by atoms with Crippen molar-refractivity contribution in [3.8, 4) is 0 Å². The van der Waals surface area contributed by atoms with E-state index in [1.165, 1.54) is 0 Å². The van der Waals surface area contributed by atoms with Crippen LogP contribution in [0.25, 0.3) is 0 Å². The Morgan fingerprint density at radius 2 is 0.955 bits per heavy atom. The monoisotopic (exact) mass is 334 g/mol. The Labute approximate surface area is 139 Å². The summed E-state index contributed by atoms with van der Waals surface area (Å²) in [6.45, 7) is 18.9. The first-order valence-electron chi connectivity index (χ1n) is 8.92. The molecule has 0 aromatic carbocycles. The smallest absolute Gasteiger partial charge is 0.305 e. The first kappa shape index (κ1) is 22.1. The molecular weight excluding hydrogens is 295 g/mol. The molecule has 0 aliphatic rings. The molecule has 0 radical (unpaired) electrons. The SMILES string of the molecule is CC(C)CC(C)OP(=O)(OC(C)CC(C)C)C(C)CC(C)C. The van der Waals surface area contributed by atoms with Crippen molar-refractivity contribution in [3.05, 3.63) is 0 Å². The van der Waals surface area contributed by atoms with Gasteiger partial charge in [-0.25, -0.2) is 0 Å². The molecule has 0 rings (SSSR count). The Morgan fingerprint density at radius 3 is 1.23 bits per heavy atom. The molecule has 3 unspecified atom stereocenters. The second kappa shape index (κ2) is 10.1. The molecule has 0 fully saturated rings. The first-order chi connectivity index (χ1) is 9.96. The van der Waals surface area contributed by atoms with Crippen molar-refractivity contribution in [1.82, 2.24) is 0 Å². The van der Waals surface area contributed by atoms with Crippen LogP contribution in [0.2, 0.25) is 0 Å². The average molecular weight is 334 g/mol. The number of hydrogen-bond acceptors (Lipinski definition) is 3. The van der Waals surface area contributed by atoms with Gasteiger partial charge in [-0.2, -0.15) is 0 Å². The molecular formula is C18H39O3P. The maximum atomic E-state index is 13.4. The molecule has 22 heavy (non-hydrogen) atoms. The lowest BCUT2D eigenvalue weighted by molar-refractivity contribution is 0.103. The summed E-state index contributed by atoms with van der Waals surface area (Å²) in [5, 5.41) is 0. The van der Waals surface area contributed by atoms with Crippen LogP contribution in [0.1, 0.15) is 81.6 Å². The van der Waals surface area contributed by atoms with Crippen molar-refractivity contribution in [2.24, 2.45) is 17.8 Å². The van der Waals surface area contributed by atoms with Gasteiger partial charge >= 0.3 is 7.60 Å². The Morgan fingerprint density at radius 1 is 0.636 bits per heavy atom. The highest BCUT2D eigenvalue weighted by Gasteiger charge is 2.36. The van der Waals surface area contributed by atoms with E-state index in [0.717, 1.165) is 19.3 Å². The summed E-state index contributed by atoms with van der Waals surface area (Å²) in [6.07, 6.45) is 2.60. The zero-order chi connectivity index (χ0) is 17.5. The second-order valence-electron chi connectivity index (χ2n) is 8.11. The zero-order valence-electron chi connectivity index (χ0n) is 16.3. The lowest BCUT2D eigenvalue weighted by atomic mass is 10.1. The largest absolute Gasteiger partial charge is 0.333 e. The molecule has 0 aliphatic carbocycles. The van der Waals surface area contributed by atoms with Crippen LogP contribution in [0.3, 0.4) is 0 Å². The van der Waals surface area contributed by atoms with Crippen LogP contribution >= 0.6 is 7.60 Å². The number of hydrogen-bond donors (Lipinski definition) is 0. The summed E-state index contributed by atoms with van der Waals surface area (Å²) < 4.78 is 25.4. The summed E-state index contributed by atoms with van der Waals surface area (Å²) in [5.41, 5.74) is -0.0586. The van der Waals surface area contributed by atoms with Gasteiger partial charge < -0.3 is 9.05 Å². The minimum atomic E-state index is -3.09. The van der Waals surface area contributed by atoms with Crippen molar-refractivity contribution in [2.75, 3.05) is 0 Å². The van der Waals surface area contributed by atoms with E-state index in [2.05, 4.69) is 41.5 Å². The zero-order valence-corrected chi connectivity index (χ0v) is 17.2. The fourth-order valence-electron chi connectivity index (χ4n) is 2.96. The molecule has 0 aliphatic heterocycles. The average Bonchev–Trinajstić information content (AvgIpc) is 2.24. The Bertz CT molecular complexity index is 317. The normalized spacial score (nSPS) is 19.5. The standard InChI is InChI=1S/C18H39O3P/c1-13(2)10-16(7)20-22(19,18(9)12-15(5)6)21-17(8)11-14(3)4/h13-18H,10-12H2,1-9H3. The predicted octanol–water partition coefficient (Wildman–Crippen LogP) is 6.52. The molecule has 0 heterocycles. The van der Waals surface area contributed by atoms with E-state index in [1.807, 2.05) is 20.8 Å². The summed E-state index contributed by atoms with van der Waals surface area (Å²) >= 11 is 0. The van der Waals surface area contributed by atoms with Gasteiger partial charge in [-0.1, -0.05) is 48.5 Å². The molecule has 0 bridgehead atoms. The van der Waals surface area contributed by atoms with Gasteiger partial charge in [-0.15, -0.1) is 0 Å². The maximum Gasteiger partial charge on any atom is 0.333 e. The maximum absolute atomic E-state index is 13.4. The lowest BCUT2D eigenvalue weighted by Crippen LogP contribution is -2.21. The summed E-state index contributed by atoms with van der Waals surface area (Å²) in [5.74, 6) is 1.53. The van der Waals surface area contributed by atoms with Crippen LogP contribution in [0.15, 0.2) is 0 Å². The van der Waals surface area contributed by atoms with Crippen LogP contribution in [-0.2, 0) is 13.6 Å². The van der Waals surface area contributed by atoms with Gasteiger partial charge in [-0.05, 0) is 50.9 Å². The van der Waals surface area contributed by atoms with E-state index in [1.54, 1.807) is 0 Å². The molecule has 0 aromatic rings. The van der Waals surface area contributed by atoms with Crippen molar-refractivity contribution in [2.45, 2.75) is 99.4 Å². The third-order valence-electron chi connectivity index (χ3n) is 3.61. The molecule has 0 saturated heterocycles. The molecule has 3 nitrogen and oxygen atoms in total. The molecule has 0 saturated carbocycles. The van der Waals surface area contributed by atoms with Gasteiger partial charge in [0.1, 0.15) is 0 Å². The highest BCUT2D eigenvalue weighted by atomic mass is 31.2. The molecule has 4 heteroatoms. The molecule has 0 amide bonds. The topological polar surface area (TPSA) is 35.5 Å². The van der Waals surface area contributed by atoms with Gasteiger partial charge in [0, 0.05) is 0 Å². The van der Waals surface area contributed by atoms with Crippen molar-refractivity contribution in [1.29, 1.82) is 0 Å². The van der Waals surface area contributed by atoms with Crippen molar-refractivity contribution < 1.29 is 13.6 Å². The summed E-state index contributed by atoms with van der Waals surface area (Å²) in [6, 6.07) is 0. The van der Waals surface area contributed by atoms with Gasteiger partial charge in [0.25, 0.3) is 0 Å². The van der Waals surface area contributed by atoms with Crippen molar-refractivity contribution in [3.63, 3.8) is 0 Å². The van der Waals surface area contributed by atoms with E-state index in [-0.39, 0.29) is 17.9 Å². The van der Waals surface area contributed by atoms with Gasteiger partial charge in [0.15, 0.2) is 0 Å². The fraction of sp³-hybridized carbons (Fsp3) is 1.00. The molecule has 0 spiro atoms. The first-order valence-corrected chi connectivity index (χ1v) is 10.5. The third-order valence-corrected chi connectivity index (χ3v) is 6.21. The summed E-state index contributed by atoms with van der Waals surface area (Å²) in [7, 11) is -3.09. The minimum absolute atomic E-state index is 0.0355. The predicted molar refractivity (Wildman–Crippen MR) is 96.5 cm³/mol. The second-order valence-corrected chi connectivity index (χ2v) is 10.5. The molecule has 0 N–H and O–H groups in total. The van der Waals surface area contributed by atoms with Crippen LogP contribution in [0.5, 0.6) is 0 Å². The van der Waals surface area contributed by atoms with Gasteiger partial charge in [0.05, 0.1) is 17.9 Å². The van der Waals surface area contributed by atoms with E-state index in [4.69, 9.17) is 9.05 Å². The Balaban J connectivity index is 4.99. The van der Waals surface area contributed by atoms with E-state index in [0.29, 0.717) is 17.8 Å². The Kier molecular flexibility index (Phi) is 10.2. The van der Waals surface area contributed by atoms with Crippen LogP contribution < -0.4 is 0 Å². The fourth-order valence-corrected chi connectivity index (χ4v) is 5.28. The van der Waals surface area contributed by atoms with Crippen LogP contribution in [0.4, 0.5) is 0 Å². The minimum Gasteiger partial charge on any atom is -0.305 e. The van der Waals surface area contributed by atoms with E-state index in [9.17, 15) is 4.57 Å². The van der Waals surface area contributed by atoms with Gasteiger partial charge in [0.2, 0.25) is 0 Å². The molecule has 0 aromatic heterocycles.